The molecular weight excluding hydrogens is 269 g/mol. The van der Waals surface area contributed by atoms with Crippen LogP contribution in [0.2, 0.25) is 0 Å². The highest BCUT2D eigenvalue weighted by Crippen LogP contribution is 2.32. The van der Waals surface area contributed by atoms with Crippen LogP contribution in [0.3, 0.4) is 0 Å². The van der Waals surface area contributed by atoms with E-state index in [1.807, 2.05) is 19.9 Å². The topological polar surface area (TPSA) is 71.1 Å². The Morgan fingerprint density at radius 2 is 2.00 bits per heavy atom. The molecule has 2 aromatic rings. The van der Waals surface area contributed by atoms with Crippen molar-refractivity contribution in [3.63, 3.8) is 0 Å². The number of nitrogens with one attached hydrogen (secondary N) is 1. The molecule has 3 N–H and O–H groups in total. The van der Waals surface area contributed by atoms with E-state index in [2.05, 4.69) is 5.32 Å². The zero-order chi connectivity index (χ0) is 15.4. The molecule has 5 heteroatoms. The first-order chi connectivity index (χ1) is 10.0. The minimum Gasteiger partial charge on any atom is -0.489 e. The van der Waals surface area contributed by atoms with Gasteiger partial charge in [0.25, 0.3) is 0 Å². The molecular formula is C16H16FN3O. The summed E-state index contributed by atoms with van der Waals surface area (Å²) in [6, 6.07) is 11.4. The van der Waals surface area contributed by atoms with Gasteiger partial charge in [-0.15, -0.1) is 0 Å². The van der Waals surface area contributed by atoms with E-state index in [1.165, 1.54) is 18.2 Å². The van der Waals surface area contributed by atoms with Gasteiger partial charge < -0.3 is 15.8 Å². The first kappa shape index (κ1) is 14.7. The van der Waals surface area contributed by atoms with Gasteiger partial charge in [-0.1, -0.05) is 6.07 Å². The average molecular weight is 285 g/mol. The van der Waals surface area contributed by atoms with Gasteiger partial charge in [0.15, 0.2) is 0 Å². The van der Waals surface area contributed by atoms with Crippen molar-refractivity contribution in [2.24, 2.45) is 0 Å². The number of hydrogen-bond donors (Lipinski definition) is 2. The van der Waals surface area contributed by atoms with Crippen LogP contribution in [0, 0.1) is 17.1 Å². The van der Waals surface area contributed by atoms with Crippen LogP contribution in [-0.4, -0.2) is 6.10 Å². The minimum absolute atomic E-state index is 0.00537. The van der Waals surface area contributed by atoms with E-state index >= 15 is 0 Å². The van der Waals surface area contributed by atoms with Crippen molar-refractivity contribution < 1.29 is 9.13 Å². The molecule has 0 unspecified atom stereocenters. The van der Waals surface area contributed by atoms with Gasteiger partial charge in [0.05, 0.1) is 34.8 Å². The predicted octanol–water partition coefficient (Wildman–Crippen LogP) is 3.81. The molecule has 0 atom stereocenters. The van der Waals surface area contributed by atoms with Gasteiger partial charge in [0.1, 0.15) is 11.6 Å². The zero-order valence-corrected chi connectivity index (χ0v) is 11.9. The SMILES string of the molecule is CC(C)Oc1cccc(Nc2ccc(C#N)cc2F)c1N. The van der Waals surface area contributed by atoms with Crippen molar-refractivity contribution >= 4 is 17.1 Å². The van der Waals surface area contributed by atoms with Crippen molar-refractivity contribution in [3.8, 4) is 11.8 Å². The lowest BCUT2D eigenvalue weighted by Gasteiger charge is -2.16. The molecule has 2 aromatic carbocycles. The Balaban J connectivity index is 2.30. The fraction of sp³-hybridized carbons (Fsp3) is 0.188. The predicted molar refractivity (Wildman–Crippen MR) is 81.0 cm³/mol. The van der Waals surface area contributed by atoms with E-state index in [0.29, 0.717) is 17.1 Å². The Bertz CT molecular complexity index is 692. The van der Waals surface area contributed by atoms with Gasteiger partial charge in [-0.05, 0) is 44.2 Å². The molecule has 0 aliphatic carbocycles. The Morgan fingerprint density at radius 1 is 1.24 bits per heavy atom. The number of rotatable bonds is 4. The number of hydrogen-bond acceptors (Lipinski definition) is 4. The second-order valence-corrected chi connectivity index (χ2v) is 4.82. The van der Waals surface area contributed by atoms with E-state index in [1.54, 1.807) is 18.2 Å². The standard InChI is InChI=1S/C16H16FN3O/c1-10(2)21-15-5-3-4-14(16(15)19)20-13-7-6-11(9-18)8-12(13)17/h3-8,10,20H,19H2,1-2H3. The van der Waals surface area contributed by atoms with E-state index in [4.69, 9.17) is 15.7 Å². The van der Waals surface area contributed by atoms with Crippen LogP contribution >= 0.6 is 0 Å². The Labute approximate surface area is 123 Å². The summed E-state index contributed by atoms with van der Waals surface area (Å²) in [7, 11) is 0. The van der Waals surface area contributed by atoms with Crippen LogP contribution in [0.5, 0.6) is 5.75 Å². The maximum Gasteiger partial charge on any atom is 0.147 e. The summed E-state index contributed by atoms with van der Waals surface area (Å²) in [5.41, 5.74) is 7.51. The lowest BCUT2D eigenvalue weighted by molar-refractivity contribution is 0.244. The summed E-state index contributed by atoms with van der Waals surface area (Å²) in [6.45, 7) is 3.81. The fourth-order valence-corrected chi connectivity index (χ4v) is 1.84. The molecule has 108 valence electrons. The summed E-state index contributed by atoms with van der Waals surface area (Å²) in [5, 5.41) is 11.6. The molecule has 0 bridgehead atoms. The van der Waals surface area contributed by atoms with Crippen LogP contribution in [0.4, 0.5) is 21.5 Å². The number of halogens is 1. The Kier molecular flexibility index (Phi) is 4.29. The van der Waals surface area contributed by atoms with Gasteiger partial charge in [-0.3, -0.25) is 0 Å². The van der Waals surface area contributed by atoms with E-state index in [9.17, 15) is 4.39 Å². The summed E-state index contributed by atoms with van der Waals surface area (Å²) < 4.78 is 19.5. The van der Waals surface area contributed by atoms with Gasteiger partial charge in [-0.25, -0.2) is 4.39 Å². The molecule has 0 amide bonds. The van der Waals surface area contributed by atoms with Crippen molar-refractivity contribution in [1.82, 2.24) is 0 Å². The molecule has 0 aliphatic heterocycles. The smallest absolute Gasteiger partial charge is 0.147 e. The first-order valence-electron chi connectivity index (χ1n) is 6.53. The van der Waals surface area contributed by atoms with Crippen molar-refractivity contribution in [1.29, 1.82) is 5.26 Å². The maximum atomic E-state index is 13.9. The Hall–Kier alpha value is -2.74. The minimum atomic E-state index is -0.511. The van der Waals surface area contributed by atoms with Crippen molar-refractivity contribution in [2.45, 2.75) is 20.0 Å². The summed E-state index contributed by atoms with van der Waals surface area (Å²) in [4.78, 5) is 0. The highest BCUT2D eigenvalue weighted by molar-refractivity contribution is 5.77. The quantitative estimate of drug-likeness (QED) is 0.838. The molecule has 0 aromatic heterocycles. The lowest BCUT2D eigenvalue weighted by atomic mass is 10.2. The highest BCUT2D eigenvalue weighted by atomic mass is 19.1. The van der Waals surface area contributed by atoms with Gasteiger partial charge in [0.2, 0.25) is 0 Å². The second-order valence-electron chi connectivity index (χ2n) is 4.82. The van der Waals surface area contributed by atoms with Gasteiger partial charge >= 0.3 is 0 Å². The lowest BCUT2D eigenvalue weighted by Crippen LogP contribution is -2.08. The molecule has 21 heavy (non-hydrogen) atoms. The second kappa shape index (κ2) is 6.14. The van der Waals surface area contributed by atoms with Crippen molar-refractivity contribution in [3.05, 3.63) is 47.8 Å². The van der Waals surface area contributed by atoms with E-state index < -0.39 is 5.82 Å². The van der Waals surface area contributed by atoms with Crippen LogP contribution < -0.4 is 15.8 Å². The number of ether oxygens (including phenoxy) is 1. The summed E-state index contributed by atoms with van der Waals surface area (Å²) >= 11 is 0. The molecule has 0 fully saturated rings. The average Bonchev–Trinajstić information content (AvgIpc) is 2.44. The van der Waals surface area contributed by atoms with Crippen LogP contribution in [0.15, 0.2) is 36.4 Å². The maximum absolute atomic E-state index is 13.9. The van der Waals surface area contributed by atoms with Gasteiger partial charge in [-0.2, -0.15) is 5.26 Å². The molecule has 0 aliphatic rings. The van der Waals surface area contributed by atoms with Gasteiger partial charge in [0, 0.05) is 0 Å². The van der Waals surface area contributed by atoms with Crippen LogP contribution in [0.25, 0.3) is 0 Å². The molecule has 4 nitrogen and oxygen atoms in total. The first-order valence-corrected chi connectivity index (χ1v) is 6.53. The number of nitrogens with zero attached hydrogens (tertiary/aromatic N) is 1. The molecule has 0 heterocycles. The third-order valence-corrected chi connectivity index (χ3v) is 2.80. The number of nitrogen functional groups attached to an aromatic ring is 1. The summed E-state index contributed by atoms with van der Waals surface area (Å²) in [6.07, 6.45) is -0.00537. The molecule has 2 rings (SSSR count). The largest absolute Gasteiger partial charge is 0.489 e. The van der Waals surface area contributed by atoms with E-state index in [-0.39, 0.29) is 17.4 Å². The van der Waals surface area contributed by atoms with Crippen LogP contribution in [-0.2, 0) is 0 Å². The number of anilines is 3. The number of nitriles is 1. The number of para-hydroxylation sites is 1. The number of nitrogens with two attached hydrogens (primary N) is 1. The monoisotopic (exact) mass is 285 g/mol. The molecule has 0 saturated heterocycles. The normalized spacial score (nSPS) is 10.2. The molecule has 0 radical (unpaired) electrons. The van der Waals surface area contributed by atoms with Crippen LogP contribution in [0.1, 0.15) is 19.4 Å². The van der Waals surface area contributed by atoms with E-state index in [0.717, 1.165) is 0 Å². The highest BCUT2D eigenvalue weighted by Gasteiger charge is 2.10. The third-order valence-electron chi connectivity index (χ3n) is 2.80. The molecule has 0 spiro atoms. The third kappa shape index (κ3) is 3.42. The fourth-order valence-electron chi connectivity index (χ4n) is 1.84. The van der Waals surface area contributed by atoms with Crippen molar-refractivity contribution in [2.75, 3.05) is 11.1 Å². The molecule has 0 saturated carbocycles. The summed E-state index contributed by atoms with van der Waals surface area (Å²) in [5.74, 6) is 0.0349. The number of benzene rings is 2. The zero-order valence-electron chi connectivity index (χ0n) is 11.9. The Morgan fingerprint density at radius 3 is 2.62 bits per heavy atom.